The van der Waals surface area contributed by atoms with E-state index >= 15 is 0 Å². The molecule has 0 atom stereocenters. The van der Waals surface area contributed by atoms with E-state index in [0.717, 1.165) is 0 Å². The van der Waals surface area contributed by atoms with Gasteiger partial charge in [-0.25, -0.2) is 4.79 Å². The van der Waals surface area contributed by atoms with E-state index in [1.165, 1.54) is 0 Å². The molecule has 0 aromatic carbocycles. The molecule has 2 nitrogen and oxygen atoms in total. The number of hydrogen-bond acceptors (Lipinski definition) is 1. The fraction of sp³-hybridized carbons (Fsp3) is 0.833. The first-order valence-corrected chi connectivity index (χ1v) is 3.76. The molecule has 0 radical (unpaired) electrons. The minimum absolute atomic E-state index is 0. The van der Waals surface area contributed by atoms with Gasteiger partial charge in [0, 0.05) is 0 Å². The number of hydrogen-bond donors (Lipinski definition) is 1. The van der Waals surface area contributed by atoms with Crippen LogP contribution in [0.2, 0.25) is 0 Å². The second-order valence-corrected chi connectivity index (χ2v) is 3.10. The van der Waals surface area contributed by atoms with Crippen molar-refractivity contribution in [1.82, 2.24) is 0 Å². The van der Waals surface area contributed by atoms with Gasteiger partial charge >= 0.3 is 65.4 Å². The number of halogens is 11. The fourth-order valence-electron chi connectivity index (χ4n) is 0.707. The Bertz CT molecular complexity index is 374. The molecule has 0 aliphatic carbocycles. The molecule has 0 saturated carbocycles. The van der Waals surface area contributed by atoms with Gasteiger partial charge in [0.15, 0.2) is 0 Å². The van der Waals surface area contributed by atoms with Crippen molar-refractivity contribution in [2.75, 3.05) is 0 Å². The molecule has 1 N–H and O–H groups in total. The van der Waals surface area contributed by atoms with Crippen LogP contribution in [-0.2, 0) is 4.79 Å². The third kappa shape index (κ3) is 2.84. The second kappa shape index (κ2) is 5.48. The molecule has 0 bridgehead atoms. The van der Waals surface area contributed by atoms with Gasteiger partial charge in [-0.1, -0.05) is 0 Å². The summed E-state index contributed by atoms with van der Waals surface area (Å²) in [7, 11) is 0. The molecule has 116 valence electrons. The van der Waals surface area contributed by atoms with Crippen molar-refractivity contribution in [3.8, 4) is 0 Å². The van der Waals surface area contributed by atoms with Gasteiger partial charge in [-0.2, -0.15) is 48.3 Å². The van der Waals surface area contributed by atoms with Crippen molar-refractivity contribution in [2.45, 2.75) is 29.9 Å². The molecule has 0 aliphatic heterocycles. The van der Waals surface area contributed by atoms with Crippen molar-refractivity contribution >= 4 is 35.5 Å². The summed E-state index contributed by atoms with van der Waals surface area (Å²) in [5.41, 5.74) is 0. The Hall–Kier alpha value is -0.300. The first-order valence-electron chi connectivity index (χ1n) is 3.76. The molecular weight excluding hydrogens is 336 g/mol. The number of carboxylic acid groups (broad SMARTS) is 1. The van der Waals surface area contributed by atoms with Crippen molar-refractivity contribution in [1.29, 1.82) is 0 Å². The first kappa shape index (κ1) is 22.0. The summed E-state index contributed by atoms with van der Waals surface area (Å²) in [6.07, 6.45) is -7.30. The average molecular weight is 338 g/mol. The van der Waals surface area contributed by atoms with E-state index < -0.39 is 35.8 Å². The molecule has 14 heteroatoms. The van der Waals surface area contributed by atoms with Gasteiger partial charge in [-0.15, -0.1) is 0 Å². The van der Waals surface area contributed by atoms with Gasteiger partial charge in [-0.05, 0) is 0 Å². The van der Waals surface area contributed by atoms with Gasteiger partial charge < -0.3 is 5.11 Å². The van der Waals surface area contributed by atoms with E-state index in [1.54, 1.807) is 0 Å². The van der Waals surface area contributed by atoms with Crippen LogP contribution < -0.4 is 0 Å². The van der Waals surface area contributed by atoms with E-state index in [4.69, 9.17) is 5.11 Å². The van der Waals surface area contributed by atoms with E-state index in [0.29, 0.717) is 0 Å². The van der Waals surface area contributed by atoms with Crippen LogP contribution in [0.25, 0.3) is 0 Å². The average Bonchev–Trinajstić information content (AvgIpc) is 2.14. The molecule has 0 aliphatic rings. The SMILES string of the molecule is O=C(O)C(F)(F)C(F)(F)C(F)(F)C(F)(F)C(F)(F)F.[NaH]. The van der Waals surface area contributed by atoms with Gasteiger partial charge in [0.25, 0.3) is 0 Å². The third-order valence-corrected chi connectivity index (χ3v) is 1.81. The van der Waals surface area contributed by atoms with E-state index in [-0.39, 0.29) is 29.6 Å². The molecule has 0 heterocycles. The molecule has 0 aromatic rings. The Morgan fingerprint density at radius 2 is 0.950 bits per heavy atom. The normalized spacial score (nSPS) is 14.8. The zero-order chi connectivity index (χ0) is 16.1. The molecule has 0 saturated heterocycles. The molecule has 0 fully saturated rings. The summed E-state index contributed by atoms with van der Waals surface area (Å²) in [5.74, 6) is -33.6. The monoisotopic (exact) mass is 338 g/mol. The number of carboxylic acids is 1. The minimum atomic E-state index is -7.68. The van der Waals surface area contributed by atoms with Gasteiger partial charge in [-0.3, -0.25) is 0 Å². The van der Waals surface area contributed by atoms with Crippen LogP contribution in [0.15, 0.2) is 0 Å². The van der Waals surface area contributed by atoms with Crippen LogP contribution in [0.4, 0.5) is 48.3 Å². The maximum atomic E-state index is 12.4. The van der Waals surface area contributed by atoms with Crippen molar-refractivity contribution in [3.05, 3.63) is 0 Å². The summed E-state index contributed by atoms with van der Waals surface area (Å²) < 4.78 is 133. The zero-order valence-corrected chi connectivity index (χ0v) is 8.01. The van der Waals surface area contributed by atoms with Crippen molar-refractivity contribution in [2.24, 2.45) is 0 Å². The number of aliphatic carboxylic acids is 1. The Morgan fingerprint density at radius 1 is 0.650 bits per heavy atom. The Labute approximate surface area is 124 Å². The Morgan fingerprint density at radius 3 is 1.15 bits per heavy atom. The molecule has 0 spiro atoms. The molecule has 0 amide bonds. The van der Waals surface area contributed by atoms with Gasteiger partial charge in [0.2, 0.25) is 0 Å². The van der Waals surface area contributed by atoms with E-state index in [1.807, 2.05) is 0 Å². The summed E-state index contributed by atoms with van der Waals surface area (Å²) in [6, 6.07) is 0. The second-order valence-electron chi connectivity index (χ2n) is 3.10. The molecule has 20 heavy (non-hydrogen) atoms. The topological polar surface area (TPSA) is 37.3 Å². The predicted octanol–water partition coefficient (Wildman–Crippen LogP) is 2.53. The fourth-order valence-corrected chi connectivity index (χ4v) is 0.707. The van der Waals surface area contributed by atoms with Crippen LogP contribution in [0.1, 0.15) is 0 Å². The summed E-state index contributed by atoms with van der Waals surface area (Å²) in [6.45, 7) is 0. The summed E-state index contributed by atoms with van der Waals surface area (Å²) in [5, 5.41) is 7.52. The van der Waals surface area contributed by atoms with Crippen LogP contribution >= 0.6 is 0 Å². The van der Waals surface area contributed by atoms with Crippen LogP contribution in [-0.4, -0.2) is 70.5 Å². The van der Waals surface area contributed by atoms with E-state index in [2.05, 4.69) is 0 Å². The van der Waals surface area contributed by atoms with Crippen LogP contribution in [0.5, 0.6) is 0 Å². The quantitative estimate of drug-likeness (QED) is 0.632. The standard InChI is InChI=1S/C6HF11O2.Na.H/c7-2(8,1(18)19)3(9,10)4(11,12)5(13,14)6(15,16)17;;/h(H,18,19);;. The molecule has 0 aromatic heterocycles. The van der Waals surface area contributed by atoms with Gasteiger partial charge in [0.1, 0.15) is 0 Å². The molecule has 0 rings (SSSR count). The van der Waals surface area contributed by atoms with Crippen LogP contribution in [0.3, 0.4) is 0 Å². The van der Waals surface area contributed by atoms with Crippen molar-refractivity contribution in [3.63, 3.8) is 0 Å². The first-order chi connectivity index (χ1) is 7.94. The summed E-state index contributed by atoms with van der Waals surface area (Å²) >= 11 is 0. The summed E-state index contributed by atoms with van der Waals surface area (Å²) in [4.78, 5) is 9.60. The Balaban J connectivity index is 0. The maximum absolute atomic E-state index is 12.4. The number of carbonyl (C=O) groups is 1. The number of alkyl halides is 11. The predicted molar refractivity (Wildman–Crippen MR) is 40.6 cm³/mol. The molecular formula is C6H2F11NaO2. The van der Waals surface area contributed by atoms with Crippen molar-refractivity contribution < 1.29 is 58.2 Å². The Kier molecular flexibility index (Phi) is 6.02. The van der Waals surface area contributed by atoms with E-state index in [9.17, 15) is 53.1 Å². The van der Waals surface area contributed by atoms with Crippen LogP contribution in [0, 0.1) is 0 Å². The third-order valence-electron chi connectivity index (χ3n) is 1.81. The zero-order valence-electron chi connectivity index (χ0n) is 8.01. The number of rotatable bonds is 4. The van der Waals surface area contributed by atoms with Gasteiger partial charge in [0.05, 0.1) is 0 Å². The molecule has 0 unspecified atom stereocenters.